The van der Waals surface area contributed by atoms with Crippen LogP contribution in [-0.2, 0) is 0 Å². The van der Waals surface area contributed by atoms with Crippen LogP contribution in [-0.4, -0.2) is 31.6 Å². The molecule has 110 valence electrons. The molecule has 1 aliphatic heterocycles. The molecule has 2 nitrogen and oxygen atoms in total. The maximum atomic E-state index is 3.90. The molecule has 1 saturated carbocycles. The maximum absolute atomic E-state index is 3.90. The van der Waals surface area contributed by atoms with E-state index in [9.17, 15) is 0 Å². The van der Waals surface area contributed by atoms with E-state index in [4.69, 9.17) is 0 Å². The zero-order valence-corrected chi connectivity index (χ0v) is 12.9. The number of hydrogen-bond donors (Lipinski definition) is 1. The molecule has 2 aliphatic rings. The second-order valence-electron chi connectivity index (χ2n) is 7.22. The summed E-state index contributed by atoms with van der Waals surface area (Å²) in [5, 5.41) is 3.90. The van der Waals surface area contributed by atoms with E-state index >= 15 is 0 Å². The number of hydrogen-bond acceptors (Lipinski definition) is 2. The molecule has 20 heavy (non-hydrogen) atoms. The molecular formula is C18H28N2. The van der Waals surface area contributed by atoms with E-state index in [-0.39, 0.29) is 0 Å². The summed E-state index contributed by atoms with van der Waals surface area (Å²) >= 11 is 0. The predicted octanol–water partition coefficient (Wildman–Crippen LogP) is 3.46. The average molecular weight is 272 g/mol. The highest BCUT2D eigenvalue weighted by Crippen LogP contribution is 2.41. The molecule has 2 heteroatoms. The van der Waals surface area contributed by atoms with E-state index in [0.717, 1.165) is 12.5 Å². The van der Waals surface area contributed by atoms with Crippen LogP contribution in [0.1, 0.15) is 44.2 Å². The molecule has 0 radical (unpaired) electrons. The molecule has 0 spiro atoms. The van der Waals surface area contributed by atoms with Gasteiger partial charge in [0.1, 0.15) is 0 Å². The summed E-state index contributed by atoms with van der Waals surface area (Å²) in [4.78, 5) is 2.46. The SMILES string of the molecule is CN1CCC(C)(CNC(c2ccccc2)C2CC2)CC1. The van der Waals surface area contributed by atoms with E-state index in [1.807, 2.05) is 0 Å². The molecule has 2 fully saturated rings. The molecule has 1 aromatic carbocycles. The topological polar surface area (TPSA) is 15.3 Å². The summed E-state index contributed by atoms with van der Waals surface area (Å²) in [5.41, 5.74) is 1.96. The van der Waals surface area contributed by atoms with Gasteiger partial charge in [0.2, 0.25) is 0 Å². The third-order valence-corrected chi connectivity index (χ3v) is 5.20. The summed E-state index contributed by atoms with van der Waals surface area (Å²) in [6.07, 6.45) is 5.43. The Morgan fingerprint density at radius 1 is 1.20 bits per heavy atom. The fourth-order valence-electron chi connectivity index (χ4n) is 3.34. The first kappa shape index (κ1) is 14.1. The molecule has 0 aromatic heterocycles. The number of rotatable bonds is 5. The lowest BCUT2D eigenvalue weighted by Crippen LogP contribution is -2.43. The maximum Gasteiger partial charge on any atom is 0.0348 e. The summed E-state index contributed by atoms with van der Waals surface area (Å²) in [6, 6.07) is 11.6. The smallest absolute Gasteiger partial charge is 0.0348 e. The van der Waals surface area contributed by atoms with Gasteiger partial charge in [0.25, 0.3) is 0 Å². The Balaban J connectivity index is 1.60. The normalized spacial score (nSPS) is 24.5. The van der Waals surface area contributed by atoms with Crippen LogP contribution in [0.3, 0.4) is 0 Å². The first-order valence-corrected chi connectivity index (χ1v) is 8.13. The standard InChI is InChI=1S/C18H28N2/c1-18(10-12-20(2)13-11-18)14-19-17(16-8-9-16)15-6-4-3-5-7-15/h3-7,16-17,19H,8-14H2,1-2H3. The Morgan fingerprint density at radius 3 is 2.45 bits per heavy atom. The van der Waals surface area contributed by atoms with Crippen LogP contribution in [0, 0.1) is 11.3 Å². The second-order valence-corrected chi connectivity index (χ2v) is 7.22. The highest BCUT2D eigenvalue weighted by molar-refractivity contribution is 5.21. The first-order chi connectivity index (χ1) is 9.66. The lowest BCUT2D eigenvalue weighted by Gasteiger charge is -2.39. The molecule has 3 rings (SSSR count). The van der Waals surface area contributed by atoms with E-state index in [1.54, 1.807) is 0 Å². The predicted molar refractivity (Wildman–Crippen MR) is 84.7 cm³/mol. The number of likely N-dealkylation sites (tertiary alicyclic amines) is 1. The lowest BCUT2D eigenvalue weighted by molar-refractivity contribution is 0.132. The molecule has 1 unspecified atom stereocenters. The van der Waals surface area contributed by atoms with Gasteiger partial charge in [-0.15, -0.1) is 0 Å². The van der Waals surface area contributed by atoms with Crippen molar-refractivity contribution in [3.05, 3.63) is 35.9 Å². The zero-order chi connectivity index (χ0) is 14.0. The third-order valence-electron chi connectivity index (χ3n) is 5.20. The molecule has 1 aliphatic carbocycles. The van der Waals surface area contributed by atoms with Gasteiger partial charge in [-0.05, 0) is 62.7 Å². The summed E-state index contributed by atoms with van der Waals surface area (Å²) in [6.45, 7) is 6.12. The van der Waals surface area contributed by atoms with Crippen molar-refractivity contribution in [3.8, 4) is 0 Å². The molecule has 1 heterocycles. The average Bonchev–Trinajstić information content (AvgIpc) is 3.29. The van der Waals surface area contributed by atoms with Crippen LogP contribution in [0.2, 0.25) is 0 Å². The molecule has 1 N–H and O–H groups in total. The van der Waals surface area contributed by atoms with Crippen molar-refractivity contribution in [3.63, 3.8) is 0 Å². The Bertz CT molecular complexity index is 416. The minimum absolute atomic E-state index is 0.481. The zero-order valence-electron chi connectivity index (χ0n) is 12.9. The summed E-state index contributed by atoms with van der Waals surface area (Å²) in [7, 11) is 2.24. The van der Waals surface area contributed by atoms with Gasteiger partial charge in [0.15, 0.2) is 0 Å². The highest BCUT2D eigenvalue weighted by Gasteiger charge is 2.35. The van der Waals surface area contributed by atoms with Crippen molar-refractivity contribution in [2.75, 3.05) is 26.7 Å². The van der Waals surface area contributed by atoms with Crippen molar-refractivity contribution < 1.29 is 0 Å². The number of nitrogens with one attached hydrogen (secondary N) is 1. The molecule has 1 saturated heterocycles. The van der Waals surface area contributed by atoms with Crippen LogP contribution in [0.15, 0.2) is 30.3 Å². The third kappa shape index (κ3) is 3.42. The monoisotopic (exact) mass is 272 g/mol. The van der Waals surface area contributed by atoms with Gasteiger partial charge in [0.05, 0.1) is 0 Å². The van der Waals surface area contributed by atoms with E-state index in [0.29, 0.717) is 11.5 Å². The van der Waals surface area contributed by atoms with Crippen LogP contribution >= 0.6 is 0 Å². The molecule has 0 amide bonds. The van der Waals surface area contributed by atoms with Crippen LogP contribution in [0.4, 0.5) is 0 Å². The fourth-order valence-corrected chi connectivity index (χ4v) is 3.34. The summed E-state index contributed by atoms with van der Waals surface area (Å²) < 4.78 is 0. The van der Waals surface area contributed by atoms with E-state index in [2.05, 4.69) is 54.5 Å². The fraction of sp³-hybridized carbons (Fsp3) is 0.667. The van der Waals surface area contributed by atoms with Gasteiger partial charge in [0, 0.05) is 12.6 Å². The van der Waals surface area contributed by atoms with E-state index < -0.39 is 0 Å². The van der Waals surface area contributed by atoms with Gasteiger partial charge in [-0.1, -0.05) is 37.3 Å². The van der Waals surface area contributed by atoms with E-state index in [1.165, 1.54) is 44.3 Å². The van der Waals surface area contributed by atoms with Gasteiger partial charge < -0.3 is 10.2 Å². The Kier molecular flexibility index (Phi) is 4.13. The van der Waals surface area contributed by atoms with Gasteiger partial charge in [-0.3, -0.25) is 0 Å². The van der Waals surface area contributed by atoms with Crippen molar-refractivity contribution in [1.29, 1.82) is 0 Å². The van der Waals surface area contributed by atoms with Crippen molar-refractivity contribution in [2.45, 2.75) is 38.6 Å². The summed E-state index contributed by atoms with van der Waals surface area (Å²) in [5.74, 6) is 0.868. The molecular weight excluding hydrogens is 244 g/mol. The van der Waals surface area contributed by atoms with Gasteiger partial charge in [-0.2, -0.15) is 0 Å². The Hall–Kier alpha value is -0.860. The van der Waals surface area contributed by atoms with Crippen molar-refractivity contribution >= 4 is 0 Å². The van der Waals surface area contributed by atoms with Gasteiger partial charge in [-0.25, -0.2) is 0 Å². The number of nitrogens with zero attached hydrogens (tertiary/aromatic N) is 1. The highest BCUT2D eigenvalue weighted by atomic mass is 15.1. The van der Waals surface area contributed by atoms with Crippen LogP contribution < -0.4 is 5.32 Å². The molecule has 1 aromatic rings. The first-order valence-electron chi connectivity index (χ1n) is 8.13. The lowest BCUT2D eigenvalue weighted by atomic mass is 9.80. The van der Waals surface area contributed by atoms with Crippen LogP contribution in [0.5, 0.6) is 0 Å². The molecule has 1 atom stereocenters. The number of piperidine rings is 1. The largest absolute Gasteiger partial charge is 0.309 e. The minimum atomic E-state index is 0.481. The second kappa shape index (κ2) is 5.87. The van der Waals surface area contributed by atoms with Gasteiger partial charge >= 0.3 is 0 Å². The van der Waals surface area contributed by atoms with Crippen LogP contribution in [0.25, 0.3) is 0 Å². The Morgan fingerprint density at radius 2 is 1.85 bits per heavy atom. The Labute approximate surface area is 123 Å². The van der Waals surface area contributed by atoms with Crippen molar-refractivity contribution in [2.24, 2.45) is 11.3 Å². The quantitative estimate of drug-likeness (QED) is 0.883. The minimum Gasteiger partial charge on any atom is -0.309 e. The van der Waals surface area contributed by atoms with Crippen molar-refractivity contribution in [1.82, 2.24) is 10.2 Å². The molecule has 0 bridgehead atoms. The number of benzene rings is 1.